The van der Waals surface area contributed by atoms with E-state index in [1.807, 2.05) is 5.43 Å². The summed E-state index contributed by atoms with van der Waals surface area (Å²) in [4.78, 5) is 45.7. The van der Waals surface area contributed by atoms with E-state index in [1.54, 1.807) is 6.92 Å². The predicted molar refractivity (Wildman–Crippen MR) is 92.5 cm³/mol. The summed E-state index contributed by atoms with van der Waals surface area (Å²) in [7, 11) is 0. The van der Waals surface area contributed by atoms with Crippen LogP contribution in [0.2, 0.25) is 0 Å². The molecule has 1 aromatic carbocycles. The number of hydrogen-bond acceptors (Lipinski definition) is 7. The molecule has 1 rings (SSSR count). The zero-order valence-corrected chi connectivity index (χ0v) is 14.6. The van der Waals surface area contributed by atoms with Crippen LogP contribution in [0, 0.1) is 16.0 Å². The van der Waals surface area contributed by atoms with Crippen LogP contribution in [-0.2, 0) is 14.3 Å². The second-order valence-electron chi connectivity index (χ2n) is 5.40. The van der Waals surface area contributed by atoms with Crippen molar-refractivity contribution in [1.29, 1.82) is 0 Å². The lowest BCUT2D eigenvalue weighted by Crippen LogP contribution is -2.36. The van der Waals surface area contributed by atoms with Crippen LogP contribution in [-0.4, -0.2) is 35.0 Å². The number of Topliss-reactive ketones (excluding diaryl/α,β-unsaturated/α-hetero) is 1. The Balaban J connectivity index is 3.37. The van der Waals surface area contributed by atoms with Crippen molar-refractivity contribution in [3.63, 3.8) is 0 Å². The highest BCUT2D eigenvalue weighted by atomic mass is 16.6. The average molecular weight is 364 g/mol. The third-order valence-corrected chi connectivity index (χ3v) is 3.57. The van der Waals surface area contributed by atoms with Gasteiger partial charge in [-0.3, -0.25) is 19.7 Å². The number of nitro groups is 1. The summed E-state index contributed by atoms with van der Waals surface area (Å²) in [5.41, 5.74) is 7.32. The van der Waals surface area contributed by atoms with Crippen LogP contribution in [0.15, 0.2) is 29.4 Å². The minimum absolute atomic E-state index is 0.0801. The molecule has 0 aliphatic heterocycles. The van der Waals surface area contributed by atoms with E-state index in [2.05, 4.69) is 5.10 Å². The number of nitrogens with zero attached hydrogens (tertiary/aromatic N) is 2. The number of urea groups is 1. The zero-order chi connectivity index (χ0) is 19.9. The van der Waals surface area contributed by atoms with Gasteiger partial charge in [0.15, 0.2) is 0 Å². The van der Waals surface area contributed by atoms with E-state index in [4.69, 9.17) is 10.5 Å². The maximum atomic E-state index is 12.4. The number of ether oxygens (including phenoxy) is 1. The number of nitrogens with one attached hydrogen (secondary N) is 1. The highest BCUT2D eigenvalue weighted by Crippen LogP contribution is 2.30. The highest BCUT2D eigenvalue weighted by Gasteiger charge is 2.36. The lowest BCUT2D eigenvalue weighted by Gasteiger charge is -2.24. The van der Waals surface area contributed by atoms with Gasteiger partial charge in [0.25, 0.3) is 5.69 Å². The number of nitrogens with two attached hydrogens (primary N) is 1. The summed E-state index contributed by atoms with van der Waals surface area (Å²) in [5, 5.41) is 14.5. The molecule has 10 nitrogen and oxygen atoms in total. The van der Waals surface area contributed by atoms with Gasteiger partial charge in [-0.1, -0.05) is 12.1 Å². The molecule has 0 bridgehead atoms. The Morgan fingerprint density at radius 1 is 1.27 bits per heavy atom. The minimum atomic E-state index is -1.12. The Morgan fingerprint density at radius 2 is 1.85 bits per heavy atom. The molecule has 2 unspecified atom stereocenters. The monoisotopic (exact) mass is 364 g/mol. The molecular weight excluding hydrogens is 344 g/mol. The van der Waals surface area contributed by atoms with Crippen LogP contribution in [0.3, 0.4) is 0 Å². The van der Waals surface area contributed by atoms with E-state index in [0.717, 1.165) is 0 Å². The molecule has 0 saturated heterocycles. The zero-order valence-electron chi connectivity index (χ0n) is 14.6. The topological polar surface area (TPSA) is 154 Å². The molecule has 140 valence electrons. The standard InChI is InChI=1S/C16H20N4O6/c1-4-26-15(22)13(9(2)18-19-16(17)23)14(10(3)21)11-5-7-12(8-6-11)20(24)25/h5-8,13-14H,4H2,1-3H3,(H3,17,19,23)/b18-9+. The third kappa shape index (κ3) is 5.36. The van der Waals surface area contributed by atoms with Gasteiger partial charge in [0.2, 0.25) is 0 Å². The van der Waals surface area contributed by atoms with Gasteiger partial charge < -0.3 is 10.5 Å². The first-order valence-electron chi connectivity index (χ1n) is 7.70. The molecule has 0 spiro atoms. The SMILES string of the molecule is CCOC(=O)C(/C(C)=N/NC(N)=O)C(C(C)=O)c1ccc([N+](=O)[O-])cc1. The number of carbonyl (C=O) groups is 3. The number of amides is 2. The molecule has 1 aromatic rings. The van der Waals surface area contributed by atoms with Gasteiger partial charge in [0.1, 0.15) is 11.7 Å². The Hall–Kier alpha value is -3.30. The number of hydrogen-bond donors (Lipinski definition) is 2. The van der Waals surface area contributed by atoms with E-state index in [-0.39, 0.29) is 23.8 Å². The summed E-state index contributed by atoms with van der Waals surface area (Å²) in [6, 6.07) is 4.33. The predicted octanol–water partition coefficient (Wildman–Crippen LogP) is 1.49. The quantitative estimate of drug-likeness (QED) is 0.308. The molecule has 10 heteroatoms. The second-order valence-corrected chi connectivity index (χ2v) is 5.40. The van der Waals surface area contributed by atoms with Gasteiger partial charge in [-0.25, -0.2) is 10.2 Å². The smallest absolute Gasteiger partial charge is 0.332 e. The molecule has 0 radical (unpaired) electrons. The number of benzene rings is 1. The first-order chi connectivity index (χ1) is 12.2. The number of primary amides is 1. The van der Waals surface area contributed by atoms with Crippen molar-refractivity contribution in [3.8, 4) is 0 Å². The van der Waals surface area contributed by atoms with Gasteiger partial charge in [0, 0.05) is 12.1 Å². The van der Waals surface area contributed by atoms with E-state index in [9.17, 15) is 24.5 Å². The normalized spacial score (nSPS) is 13.4. The summed E-state index contributed by atoms with van der Waals surface area (Å²) in [6.07, 6.45) is 0. The first-order valence-corrected chi connectivity index (χ1v) is 7.70. The summed E-state index contributed by atoms with van der Waals surface area (Å²) in [5.74, 6) is -3.20. The Bertz CT molecular complexity index is 729. The Morgan fingerprint density at radius 3 is 2.27 bits per heavy atom. The number of ketones is 1. The maximum absolute atomic E-state index is 12.4. The number of esters is 1. The molecule has 2 amide bonds. The van der Waals surface area contributed by atoms with Gasteiger partial charge >= 0.3 is 12.0 Å². The number of rotatable bonds is 8. The van der Waals surface area contributed by atoms with E-state index in [0.29, 0.717) is 5.56 Å². The summed E-state index contributed by atoms with van der Waals surface area (Å²) >= 11 is 0. The van der Waals surface area contributed by atoms with Crippen LogP contribution in [0.1, 0.15) is 32.3 Å². The van der Waals surface area contributed by atoms with Crippen molar-refractivity contribution < 1.29 is 24.0 Å². The minimum Gasteiger partial charge on any atom is -0.465 e. The highest BCUT2D eigenvalue weighted by molar-refractivity contribution is 6.06. The van der Waals surface area contributed by atoms with Crippen LogP contribution in [0.4, 0.5) is 10.5 Å². The Kier molecular flexibility index (Phi) is 7.38. The summed E-state index contributed by atoms with van der Waals surface area (Å²) in [6.45, 7) is 4.42. The van der Waals surface area contributed by atoms with Gasteiger partial charge in [-0.2, -0.15) is 5.10 Å². The second kappa shape index (κ2) is 9.25. The molecule has 0 fully saturated rings. The summed E-state index contributed by atoms with van der Waals surface area (Å²) < 4.78 is 5.02. The average Bonchev–Trinajstić information content (AvgIpc) is 2.57. The fourth-order valence-electron chi connectivity index (χ4n) is 2.46. The molecule has 0 aromatic heterocycles. The molecular formula is C16H20N4O6. The molecule has 3 N–H and O–H groups in total. The van der Waals surface area contributed by atoms with Gasteiger partial charge in [0.05, 0.1) is 23.2 Å². The van der Waals surface area contributed by atoms with Crippen LogP contribution < -0.4 is 11.2 Å². The first kappa shape index (κ1) is 20.7. The number of non-ortho nitro benzene ring substituents is 1. The van der Waals surface area contributed by atoms with Gasteiger partial charge in [-0.15, -0.1) is 0 Å². The molecule has 0 saturated carbocycles. The van der Waals surface area contributed by atoms with Crippen molar-refractivity contribution in [1.82, 2.24) is 5.43 Å². The molecule has 26 heavy (non-hydrogen) atoms. The van der Waals surface area contributed by atoms with E-state index < -0.39 is 28.8 Å². The van der Waals surface area contributed by atoms with E-state index >= 15 is 0 Å². The number of carbonyl (C=O) groups excluding carboxylic acids is 3. The largest absolute Gasteiger partial charge is 0.465 e. The molecule has 0 aliphatic rings. The molecule has 2 atom stereocenters. The lowest BCUT2D eigenvalue weighted by atomic mass is 9.80. The fourth-order valence-corrected chi connectivity index (χ4v) is 2.46. The molecule has 0 aliphatic carbocycles. The van der Waals surface area contributed by atoms with E-state index in [1.165, 1.54) is 38.1 Å². The lowest BCUT2D eigenvalue weighted by molar-refractivity contribution is -0.384. The van der Waals surface area contributed by atoms with Crippen LogP contribution in [0.25, 0.3) is 0 Å². The van der Waals surface area contributed by atoms with Crippen molar-refractivity contribution >= 4 is 29.2 Å². The van der Waals surface area contributed by atoms with Crippen molar-refractivity contribution in [2.45, 2.75) is 26.7 Å². The number of nitro benzene ring substituents is 1. The van der Waals surface area contributed by atoms with Gasteiger partial charge in [-0.05, 0) is 26.3 Å². The van der Waals surface area contributed by atoms with Crippen molar-refractivity contribution in [2.24, 2.45) is 16.8 Å². The van der Waals surface area contributed by atoms with Crippen molar-refractivity contribution in [2.75, 3.05) is 6.61 Å². The molecule has 0 heterocycles. The third-order valence-electron chi connectivity index (χ3n) is 3.57. The van der Waals surface area contributed by atoms with Crippen LogP contribution >= 0.6 is 0 Å². The Labute approximate surface area is 149 Å². The number of hydrazone groups is 1. The maximum Gasteiger partial charge on any atom is 0.332 e. The van der Waals surface area contributed by atoms with Crippen LogP contribution in [0.5, 0.6) is 0 Å². The fraction of sp³-hybridized carbons (Fsp3) is 0.375. The van der Waals surface area contributed by atoms with Crippen molar-refractivity contribution in [3.05, 3.63) is 39.9 Å².